The van der Waals surface area contributed by atoms with Gasteiger partial charge in [0.2, 0.25) is 11.8 Å². The summed E-state index contributed by atoms with van der Waals surface area (Å²) in [6.07, 6.45) is 3.47. The molecule has 1 atom stereocenters. The molecule has 1 aliphatic rings. The van der Waals surface area contributed by atoms with Crippen LogP contribution < -0.4 is 5.32 Å². The largest absolute Gasteiger partial charge is 0.356 e. The second kappa shape index (κ2) is 8.65. The summed E-state index contributed by atoms with van der Waals surface area (Å²) in [6, 6.07) is 17.2. The Balaban J connectivity index is 1.98. The van der Waals surface area contributed by atoms with Crippen LogP contribution in [0.2, 0.25) is 0 Å². The average molecular weight is 430 g/mol. The Morgan fingerprint density at radius 1 is 1.06 bits per heavy atom. The number of H-pyrrole nitrogens is 1. The number of unbranched alkanes of at least 4 members (excludes halogenated alkanes) is 1. The number of rotatable bonds is 5. The minimum Gasteiger partial charge on any atom is -0.356 e. The highest BCUT2D eigenvalue weighted by Gasteiger charge is 2.38. The van der Waals surface area contributed by atoms with Gasteiger partial charge in [0.05, 0.1) is 5.69 Å². The number of aromatic nitrogens is 1. The Morgan fingerprint density at radius 2 is 1.75 bits per heavy atom. The van der Waals surface area contributed by atoms with Gasteiger partial charge < -0.3 is 15.2 Å². The molecular weight excluding hydrogens is 398 g/mol. The lowest BCUT2D eigenvalue weighted by atomic mass is 9.93. The Bertz CT molecular complexity index is 1170. The second-order valence-electron chi connectivity index (χ2n) is 9.41. The van der Waals surface area contributed by atoms with Crippen molar-refractivity contribution in [1.82, 2.24) is 15.2 Å². The first-order chi connectivity index (χ1) is 15.3. The topological polar surface area (TPSA) is 65.2 Å². The number of hydrogen-bond donors (Lipinski definition) is 2. The van der Waals surface area contributed by atoms with Gasteiger partial charge in [-0.15, -0.1) is 0 Å². The van der Waals surface area contributed by atoms with E-state index in [9.17, 15) is 9.59 Å². The van der Waals surface area contributed by atoms with Crippen LogP contribution in [0.25, 0.3) is 16.5 Å². The Hall–Kier alpha value is -3.34. The van der Waals surface area contributed by atoms with E-state index in [4.69, 9.17) is 0 Å². The number of amides is 2. The van der Waals surface area contributed by atoms with Crippen molar-refractivity contribution in [3.63, 3.8) is 0 Å². The number of carbonyl (C=O) groups excluding carboxylic acids is 2. The molecule has 0 spiro atoms. The predicted molar refractivity (Wildman–Crippen MR) is 129 cm³/mol. The maximum absolute atomic E-state index is 13.6. The minimum absolute atomic E-state index is 0.139. The fraction of sp³-hybridized carbons (Fsp3) is 0.333. The van der Waals surface area contributed by atoms with Crippen molar-refractivity contribution in [2.24, 2.45) is 0 Å². The molecule has 1 aromatic heterocycles. The first-order valence-corrected chi connectivity index (χ1v) is 11.3. The summed E-state index contributed by atoms with van der Waals surface area (Å²) in [5, 5.41) is 4.12. The molecule has 0 radical (unpaired) electrons. The van der Waals surface area contributed by atoms with Crippen LogP contribution in [0.3, 0.4) is 0 Å². The summed E-state index contributed by atoms with van der Waals surface area (Å²) in [7, 11) is 0. The third kappa shape index (κ3) is 4.20. The van der Waals surface area contributed by atoms with Crippen molar-refractivity contribution >= 4 is 28.3 Å². The fourth-order valence-electron chi connectivity index (χ4n) is 4.34. The molecule has 2 N–H and O–H groups in total. The lowest BCUT2D eigenvalue weighted by Crippen LogP contribution is -2.49. The smallest absolute Gasteiger partial charge is 0.249 e. The fourth-order valence-corrected chi connectivity index (χ4v) is 4.34. The van der Waals surface area contributed by atoms with E-state index in [1.165, 1.54) is 0 Å². The summed E-state index contributed by atoms with van der Waals surface area (Å²) >= 11 is 0. The lowest BCUT2D eigenvalue weighted by molar-refractivity contribution is -0.138. The molecule has 0 aliphatic carbocycles. The van der Waals surface area contributed by atoms with Crippen LogP contribution in [0.4, 0.5) is 0 Å². The van der Waals surface area contributed by atoms with E-state index < -0.39 is 11.6 Å². The van der Waals surface area contributed by atoms with Gasteiger partial charge in [-0.25, -0.2) is 0 Å². The Labute approximate surface area is 189 Å². The zero-order chi connectivity index (χ0) is 22.9. The highest BCUT2D eigenvalue weighted by molar-refractivity contribution is 6.09. The molecule has 0 bridgehead atoms. The summed E-state index contributed by atoms with van der Waals surface area (Å²) in [5.41, 5.74) is 4.04. The normalized spacial score (nSPS) is 16.5. The maximum Gasteiger partial charge on any atom is 0.249 e. The van der Waals surface area contributed by atoms with Crippen LogP contribution in [0, 0.1) is 0 Å². The monoisotopic (exact) mass is 429 g/mol. The van der Waals surface area contributed by atoms with Gasteiger partial charge in [-0.2, -0.15) is 0 Å². The number of aromatic amines is 1. The van der Waals surface area contributed by atoms with E-state index in [0.29, 0.717) is 6.54 Å². The third-order valence-corrected chi connectivity index (χ3v) is 5.72. The third-order valence-electron chi connectivity index (χ3n) is 5.72. The van der Waals surface area contributed by atoms with Gasteiger partial charge in [0.25, 0.3) is 0 Å². The van der Waals surface area contributed by atoms with E-state index in [1.807, 2.05) is 75.4 Å². The molecule has 2 amide bonds. The molecule has 1 unspecified atom stereocenters. The highest BCUT2D eigenvalue weighted by Crippen LogP contribution is 2.40. The van der Waals surface area contributed by atoms with Crippen molar-refractivity contribution in [1.29, 1.82) is 0 Å². The van der Waals surface area contributed by atoms with Gasteiger partial charge in [0.1, 0.15) is 0 Å². The molecule has 1 aliphatic heterocycles. The standard InChI is InChI=1S/C27H31N3O2/c1-5-6-16-30-22(31)17-20(18-12-8-7-9-13-18)23-19-14-10-11-15-21(19)28-24(23)25(30)26(32)29-27(2,3)4/h7-15,17,25,28H,5-6,16H2,1-4H3,(H,29,32). The quantitative estimate of drug-likeness (QED) is 0.586. The summed E-state index contributed by atoms with van der Waals surface area (Å²) in [5.74, 6) is -0.308. The zero-order valence-electron chi connectivity index (χ0n) is 19.2. The molecule has 4 rings (SSSR count). The SMILES string of the molecule is CCCCN1C(=O)C=C(c2ccccc2)c2c([nH]c3ccccc23)C1C(=O)NC(C)(C)C. The average Bonchev–Trinajstić information content (AvgIpc) is 3.07. The number of nitrogens with one attached hydrogen (secondary N) is 2. The predicted octanol–water partition coefficient (Wildman–Crippen LogP) is 5.20. The number of benzene rings is 2. The summed E-state index contributed by atoms with van der Waals surface area (Å²) in [4.78, 5) is 32.4. The molecule has 2 heterocycles. The summed E-state index contributed by atoms with van der Waals surface area (Å²) < 4.78 is 0. The molecule has 166 valence electrons. The van der Waals surface area contributed by atoms with Crippen molar-refractivity contribution in [3.8, 4) is 0 Å². The van der Waals surface area contributed by atoms with E-state index in [0.717, 1.165) is 46.1 Å². The number of para-hydroxylation sites is 1. The second-order valence-corrected chi connectivity index (χ2v) is 9.41. The van der Waals surface area contributed by atoms with Gasteiger partial charge in [-0.1, -0.05) is 61.9 Å². The number of carbonyl (C=O) groups is 2. The van der Waals surface area contributed by atoms with Crippen molar-refractivity contribution in [2.75, 3.05) is 6.54 Å². The number of fused-ring (bicyclic) bond motifs is 3. The maximum atomic E-state index is 13.6. The van der Waals surface area contributed by atoms with Crippen LogP contribution >= 0.6 is 0 Å². The van der Waals surface area contributed by atoms with Crippen molar-refractivity contribution < 1.29 is 9.59 Å². The van der Waals surface area contributed by atoms with Crippen LogP contribution in [-0.4, -0.2) is 33.8 Å². The van der Waals surface area contributed by atoms with E-state index in [-0.39, 0.29) is 11.8 Å². The van der Waals surface area contributed by atoms with Gasteiger partial charge in [0.15, 0.2) is 6.04 Å². The van der Waals surface area contributed by atoms with E-state index >= 15 is 0 Å². The number of hydrogen-bond acceptors (Lipinski definition) is 2. The van der Waals surface area contributed by atoms with Crippen LogP contribution in [0.5, 0.6) is 0 Å². The van der Waals surface area contributed by atoms with Gasteiger partial charge in [0, 0.05) is 34.6 Å². The first-order valence-electron chi connectivity index (χ1n) is 11.3. The lowest BCUT2D eigenvalue weighted by Gasteiger charge is -2.32. The van der Waals surface area contributed by atoms with Gasteiger partial charge in [-0.3, -0.25) is 9.59 Å². The number of nitrogens with zero attached hydrogens (tertiary/aromatic N) is 1. The molecule has 0 saturated heterocycles. The molecule has 32 heavy (non-hydrogen) atoms. The molecular formula is C27H31N3O2. The van der Waals surface area contributed by atoms with Crippen LogP contribution in [-0.2, 0) is 9.59 Å². The minimum atomic E-state index is -0.729. The van der Waals surface area contributed by atoms with Crippen LogP contribution in [0.15, 0.2) is 60.7 Å². The molecule has 0 saturated carbocycles. The molecule has 5 nitrogen and oxygen atoms in total. The van der Waals surface area contributed by atoms with Crippen molar-refractivity contribution in [3.05, 3.63) is 77.5 Å². The summed E-state index contributed by atoms with van der Waals surface area (Å²) in [6.45, 7) is 8.48. The van der Waals surface area contributed by atoms with Crippen molar-refractivity contribution in [2.45, 2.75) is 52.1 Å². The molecule has 0 fully saturated rings. The molecule has 2 aromatic carbocycles. The van der Waals surface area contributed by atoms with Gasteiger partial charge in [-0.05, 0) is 44.4 Å². The highest BCUT2D eigenvalue weighted by atomic mass is 16.2. The van der Waals surface area contributed by atoms with E-state index in [1.54, 1.807) is 11.0 Å². The zero-order valence-corrected chi connectivity index (χ0v) is 19.2. The Kier molecular flexibility index (Phi) is 5.92. The van der Waals surface area contributed by atoms with E-state index in [2.05, 4.69) is 17.2 Å². The van der Waals surface area contributed by atoms with Gasteiger partial charge >= 0.3 is 0 Å². The van der Waals surface area contributed by atoms with Crippen LogP contribution in [0.1, 0.15) is 63.4 Å². The first kappa shape index (κ1) is 21.9. The molecule has 3 aromatic rings. The molecule has 5 heteroatoms. The Morgan fingerprint density at radius 3 is 2.44 bits per heavy atom.